The first-order valence-corrected chi connectivity index (χ1v) is 5.11. The zero-order valence-electron chi connectivity index (χ0n) is 6.65. The maximum absolute atomic E-state index is 12.4. The van der Waals surface area contributed by atoms with Crippen LogP contribution in [0.1, 0.15) is 10.9 Å². The monoisotopic (exact) mass is 273 g/mol. The van der Waals surface area contributed by atoms with Gasteiger partial charge in [0.25, 0.3) is 0 Å². The van der Waals surface area contributed by atoms with Crippen LogP contribution in [0, 0.1) is 0 Å². The minimum atomic E-state index is -4.25. The van der Waals surface area contributed by atoms with Crippen LogP contribution in [0.4, 0.5) is 13.2 Å². The van der Waals surface area contributed by atoms with E-state index in [1.165, 1.54) is 7.05 Å². The smallest absolute Gasteiger partial charge is 0.305 e. The van der Waals surface area contributed by atoms with Crippen molar-refractivity contribution >= 4 is 27.3 Å². The summed E-state index contributed by atoms with van der Waals surface area (Å²) in [5.41, 5.74) is 0. The molecule has 0 amide bonds. The quantitative estimate of drug-likeness (QED) is 0.872. The maximum Gasteiger partial charge on any atom is 0.408 e. The SMILES string of the molecule is CNC(c1sccc1Br)C(F)(F)F. The summed E-state index contributed by atoms with van der Waals surface area (Å²) in [7, 11) is 1.30. The van der Waals surface area contributed by atoms with E-state index in [0.717, 1.165) is 11.3 Å². The van der Waals surface area contributed by atoms with Gasteiger partial charge in [0, 0.05) is 9.35 Å². The summed E-state index contributed by atoms with van der Waals surface area (Å²) in [6.07, 6.45) is -4.25. The first-order chi connectivity index (χ1) is 5.96. The van der Waals surface area contributed by atoms with E-state index in [2.05, 4.69) is 21.2 Å². The highest BCUT2D eigenvalue weighted by atomic mass is 79.9. The minimum absolute atomic E-state index is 0.259. The van der Waals surface area contributed by atoms with Gasteiger partial charge in [-0.3, -0.25) is 0 Å². The second kappa shape index (κ2) is 3.98. The van der Waals surface area contributed by atoms with Crippen molar-refractivity contribution in [3.8, 4) is 0 Å². The zero-order valence-corrected chi connectivity index (χ0v) is 9.05. The van der Waals surface area contributed by atoms with Crippen molar-refractivity contribution in [2.24, 2.45) is 0 Å². The zero-order chi connectivity index (χ0) is 10.1. The van der Waals surface area contributed by atoms with E-state index in [1.54, 1.807) is 11.4 Å². The van der Waals surface area contributed by atoms with Gasteiger partial charge in [0.1, 0.15) is 6.04 Å². The van der Waals surface area contributed by atoms with E-state index in [0.29, 0.717) is 4.47 Å². The number of thiophene rings is 1. The van der Waals surface area contributed by atoms with Crippen LogP contribution in [0.5, 0.6) is 0 Å². The predicted octanol–water partition coefficient (Wildman–Crippen LogP) is 3.33. The van der Waals surface area contributed by atoms with Crippen molar-refractivity contribution in [1.82, 2.24) is 5.32 Å². The Balaban J connectivity index is 2.98. The summed E-state index contributed by atoms with van der Waals surface area (Å²) >= 11 is 4.15. The molecule has 0 radical (unpaired) electrons. The predicted molar refractivity (Wildman–Crippen MR) is 49.9 cm³/mol. The molecule has 1 N–H and O–H groups in total. The van der Waals surface area contributed by atoms with Crippen molar-refractivity contribution in [2.75, 3.05) is 7.05 Å². The van der Waals surface area contributed by atoms with E-state index in [-0.39, 0.29) is 4.88 Å². The highest BCUT2D eigenvalue weighted by molar-refractivity contribution is 9.10. The summed E-state index contributed by atoms with van der Waals surface area (Å²) in [6.45, 7) is 0. The van der Waals surface area contributed by atoms with Crippen molar-refractivity contribution in [2.45, 2.75) is 12.2 Å². The van der Waals surface area contributed by atoms with Gasteiger partial charge in [-0.15, -0.1) is 11.3 Å². The Morgan fingerprint density at radius 2 is 2.15 bits per heavy atom. The summed E-state index contributed by atoms with van der Waals surface area (Å²) in [5, 5.41) is 3.86. The van der Waals surface area contributed by atoms with Crippen LogP contribution in [0.2, 0.25) is 0 Å². The molecule has 6 heteroatoms. The number of halogens is 4. The van der Waals surface area contributed by atoms with Crippen LogP contribution < -0.4 is 5.32 Å². The Hall–Kier alpha value is -0.0700. The number of rotatable bonds is 2. The van der Waals surface area contributed by atoms with Gasteiger partial charge in [0.2, 0.25) is 0 Å². The Labute approximate surface area is 86.1 Å². The Kier molecular flexibility index (Phi) is 3.37. The largest absolute Gasteiger partial charge is 0.408 e. The molecule has 0 aliphatic carbocycles. The lowest BCUT2D eigenvalue weighted by Gasteiger charge is -2.18. The molecule has 0 aliphatic rings. The van der Waals surface area contributed by atoms with Gasteiger partial charge in [0.15, 0.2) is 0 Å². The first-order valence-electron chi connectivity index (χ1n) is 3.43. The molecule has 0 aliphatic heterocycles. The van der Waals surface area contributed by atoms with Crippen molar-refractivity contribution in [3.63, 3.8) is 0 Å². The van der Waals surface area contributed by atoms with Crippen LogP contribution in [-0.4, -0.2) is 13.2 Å². The molecular formula is C7H7BrF3NS. The van der Waals surface area contributed by atoms with Crippen LogP contribution in [0.25, 0.3) is 0 Å². The molecule has 1 atom stereocenters. The fourth-order valence-corrected chi connectivity index (χ4v) is 2.69. The van der Waals surface area contributed by atoms with Gasteiger partial charge in [0.05, 0.1) is 0 Å². The molecule has 0 aromatic carbocycles. The highest BCUT2D eigenvalue weighted by Crippen LogP contribution is 2.38. The molecule has 1 aromatic rings. The van der Waals surface area contributed by atoms with Gasteiger partial charge in [-0.25, -0.2) is 0 Å². The third-order valence-electron chi connectivity index (χ3n) is 1.52. The molecule has 74 valence electrons. The summed E-state index contributed by atoms with van der Waals surface area (Å²) in [6, 6.07) is 0.0256. The normalized spacial score (nSPS) is 14.5. The van der Waals surface area contributed by atoms with Crippen LogP contribution in [0.15, 0.2) is 15.9 Å². The van der Waals surface area contributed by atoms with Crippen molar-refractivity contribution in [3.05, 3.63) is 20.8 Å². The first kappa shape index (κ1) is 11.0. The van der Waals surface area contributed by atoms with E-state index in [9.17, 15) is 13.2 Å². The number of nitrogens with one attached hydrogen (secondary N) is 1. The highest BCUT2D eigenvalue weighted by Gasteiger charge is 2.41. The molecule has 0 saturated heterocycles. The van der Waals surface area contributed by atoms with Gasteiger partial charge in [-0.2, -0.15) is 13.2 Å². The van der Waals surface area contributed by atoms with E-state index in [1.807, 2.05) is 0 Å². The molecular weight excluding hydrogens is 267 g/mol. The second-order valence-corrected chi connectivity index (χ2v) is 4.20. The third kappa shape index (κ3) is 2.45. The average molecular weight is 274 g/mol. The molecule has 0 fully saturated rings. The average Bonchev–Trinajstić information content (AvgIpc) is 2.35. The molecule has 0 bridgehead atoms. The van der Waals surface area contributed by atoms with Gasteiger partial charge in [-0.05, 0) is 34.4 Å². The van der Waals surface area contributed by atoms with E-state index >= 15 is 0 Å². The van der Waals surface area contributed by atoms with Crippen LogP contribution >= 0.6 is 27.3 Å². The lowest BCUT2D eigenvalue weighted by molar-refractivity contribution is -0.155. The number of hydrogen-bond donors (Lipinski definition) is 1. The van der Waals surface area contributed by atoms with Crippen LogP contribution in [0.3, 0.4) is 0 Å². The number of alkyl halides is 3. The Morgan fingerprint density at radius 3 is 2.46 bits per heavy atom. The molecule has 1 heterocycles. The molecule has 0 saturated carbocycles. The summed E-state index contributed by atoms with van der Waals surface area (Å²) in [4.78, 5) is 0.259. The molecule has 1 rings (SSSR count). The fourth-order valence-electron chi connectivity index (χ4n) is 0.955. The lowest BCUT2D eigenvalue weighted by atomic mass is 10.2. The third-order valence-corrected chi connectivity index (χ3v) is 3.46. The van der Waals surface area contributed by atoms with E-state index in [4.69, 9.17) is 0 Å². The summed E-state index contributed by atoms with van der Waals surface area (Å²) in [5.74, 6) is 0. The maximum atomic E-state index is 12.4. The van der Waals surface area contributed by atoms with Gasteiger partial charge < -0.3 is 5.32 Å². The topological polar surface area (TPSA) is 12.0 Å². The number of hydrogen-bond acceptors (Lipinski definition) is 2. The fraction of sp³-hybridized carbons (Fsp3) is 0.429. The standard InChI is InChI=1S/C7H7BrF3NS/c1-12-6(7(9,10)11)5-4(8)2-3-13-5/h2-3,6,12H,1H3. The molecule has 13 heavy (non-hydrogen) atoms. The van der Waals surface area contributed by atoms with Crippen LogP contribution in [-0.2, 0) is 0 Å². The van der Waals surface area contributed by atoms with Crippen molar-refractivity contribution < 1.29 is 13.2 Å². The minimum Gasteiger partial charge on any atom is -0.305 e. The van der Waals surface area contributed by atoms with E-state index < -0.39 is 12.2 Å². The Bertz CT molecular complexity index is 284. The van der Waals surface area contributed by atoms with Gasteiger partial charge in [-0.1, -0.05) is 0 Å². The molecule has 1 nitrogen and oxygen atoms in total. The Morgan fingerprint density at radius 1 is 1.54 bits per heavy atom. The molecule has 0 spiro atoms. The summed E-state index contributed by atoms with van der Waals surface area (Å²) < 4.78 is 37.7. The molecule has 1 unspecified atom stereocenters. The lowest BCUT2D eigenvalue weighted by Crippen LogP contribution is -2.31. The molecule has 1 aromatic heterocycles. The van der Waals surface area contributed by atoms with Gasteiger partial charge >= 0.3 is 6.18 Å². The van der Waals surface area contributed by atoms with Crippen molar-refractivity contribution in [1.29, 1.82) is 0 Å². The second-order valence-electron chi connectivity index (χ2n) is 2.40.